The highest BCUT2D eigenvalue weighted by molar-refractivity contribution is 7.98. The fraction of sp³-hybridized carbons (Fsp3) is 0.375. The number of carbonyl (C=O) groups excluding carboxylic acids is 1. The van der Waals surface area contributed by atoms with E-state index in [4.69, 9.17) is 4.74 Å². The molecule has 2 bridgehead atoms. The Bertz CT molecular complexity index is 921. The molecule has 0 spiro atoms. The van der Waals surface area contributed by atoms with Crippen molar-refractivity contribution in [2.24, 2.45) is 17.8 Å². The predicted octanol–water partition coefficient (Wildman–Crippen LogP) is 4.71. The van der Waals surface area contributed by atoms with E-state index in [0.29, 0.717) is 18.4 Å². The van der Waals surface area contributed by atoms with E-state index < -0.39 is 0 Å². The van der Waals surface area contributed by atoms with Crippen LogP contribution in [0.4, 0.5) is 0 Å². The molecule has 1 amide bonds. The van der Waals surface area contributed by atoms with Crippen molar-refractivity contribution in [3.63, 3.8) is 0 Å². The lowest BCUT2D eigenvalue weighted by Gasteiger charge is -2.19. The number of allylic oxidation sites excluding steroid dienone is 2. The smallest absolute Gasteiger partial charge is 0.223 e. The average Bonchev–Trinajstić information content (AvgIpc) is 3.46. The van der Waals surface area contributed by atoms with Crippen molar-refractivity contribution in [2.75, 3.05) is 12.8 Å². The summed E-state index contributed by atoms with van der Waals surface area (Å²) in [6, 6.07) is 15.1. The molecule has 2 aromatic rings. The maximum atomic E-state index is 12.6. The molecule has 3 aliphatic rings. The maximum absolute atomic E-state index is 12.6. The molecule has 1 N–H and O–H groups in total. The quantitative estimate of drug-likeness (QED) is 0.593. The Kier molecular flexibility index (Phi) is 4.67. The number of hydrogen-bond acceptors (Lipinski definition) is 3. The number of ether oxygens (including phenoxy) is 1. The Morgan fingerprint density at radius 1 is 1.11 bits per heavy atom. The predicted molar refractivity (Wildman–Crippen MR) is 114 cm³/mol. The zero-order valence-electron chi connectivity index (χ0n) is 16.1. The number of rotatable bonds is 5. The Morgan fingerprint density at radius 3 is 2.64 bits per heavy atom. The summed E-state index contributed by atoms with van der Waals surface area (Å²) in [5.41, 5.74) is 3.67. The molecule has 5 rings (SSSR count). The van der Waals surface area contributed by atoms with E-state index in [-0.39, 0.29) is 17.9 Å². The van der Waals surface area contributed by atoms with Gasteiger partial charge in [-0.1, -0.05) is 30.4 Å². The van der Waals surface area contributed by atoms with E-state index in [9.17, 15) is 4.79 Å². The minimum atomic E-state index is 0.0298. The van der Waals surface area contributed by atoms with Crippen LogP contribution in [-0.4, -0.2) is 24.8 Å². The van der Waals surface area contributed by atoms with Gasteiger partial charge >= 0.3 is 0 Å². The minimum Gasteiger partial charge on any atom is -0.488 e. The second-order valence-corrected chi connectivity index (χ2v) is 9.01. The van der Waals surface area contributed by atoms with Gasteiger partial charge in [-0.05, 0) is 71.9 Å². The molecule has 1 aliphatic heterocycles. The lowest BCUT2D eigenvalue weighted by Crippen LogP contribution is -2.39. The number of amides is 1. The molecule has 4 atom stereocenters. The zero-order chi connectivity index (χ0) is 19.1. The van der Waals surface area contributed by atoms with Crippen LogP contribution in [0, 0.1) is 17.8 Å². The SMILES string of the molecule is CSc1ccc(-c2ccc3c(c2)C[C@@H](CNC(=O)[C@H]2C[C@@H]4C=C[C@H]2C4)O3)cc1. The van der Waals surface area contributed by atoms with Gasteiger partial charge in [0.05, 0.1) is 6.54 Å². The zero-order valence-corrected chi connectivity index (χ0v) is 16.9. The van der Waals surface area contributed by atoms with E-state index in [2.05, 4.69) is 66.2 Å². The average molecular weight is 392 g/mol. The largest absolute Gasteiger partial charge is 0.488 e. The molecule has 0 saturated heterocycles. The van der Waals surface area contributed by atoms with Crippen molar-refractivity contribution in [1.82, 2.24) is 5.32 Å². The number of fused-ring (bicyclic) bond motifs is 3. The van der Waals surface area contributed by atoms with Crippen LogP contribution < -0.4 is 10.1 Å². The lowest BCUT2D eigenvalue weighted by atomic mass is 9.93. The van der Waals surface area contributed by atoms with Crippen LogP contribution in [0.3, 0.4) is 0 Å². The molecule has 2 aliphatic carbocycles. The fourth-order valence-electron chi connectivity index (χ4n) is 4.83. The summed E-state index contributed by atoms with van der Waals surface area (Å²) < 4.78 is 6.08. The molecule has 1 heterocycles. The van der Waals surface area contributed by atoms with Crippen LogP contribution in [-0.2, 0) is 11.2 Å². The lowest BCUT2D eigenvalue weighted by molar-refractivity contribution is -0.126. The number of hydrogen-bond donors (Lipinski definition) is 1. The van der Waals surface area contributed by atoms with Crippen LogP contribution in [0.2, 0.25) is 0 Å². The van der Waals surface area contributed by atoms with Crippen LogP contribution >= 0.6 is 11.8 Å². The van der Waals surface area contributed by atoms with Crippen LogP contribution in [0.5, 0.6) is 5.75 Å². The summed E-state index contributed by atoms with van der Waals surface area (Å²) in [5.74, 6) is 2.38. The first-order valence-corrected chi connectivity index (χ1v) is 11.3. The highest BCUT2D eigenvalue weighted by Crippen LogP contribution is 2.43. The summed E-state index contributed by atoms with van der Waals surface area (Å²) in [5, 5.41) is 3.15. The normalized spacial score (nSPS) is 26.9. The highest BCUT2D eigenvalue weighted by atomic mass is 32.2. The van der Waals surface area contributed by atoms with Gasteiger partial charge in [0, 0.05) is 17.2 Å². The maximum Gasteiger partial charge on any atom is 0.223 e. The molecular weight excluding hydrogens is 366 g/mol. The number of nitrogens with one attached hydrogen (secondary N) is 1. The summed E-state index contributed by atoms with van der Waals surface area (Å²) >= 11 is 1.76. The van der Waals surface area contributed by atoms with Gasteiger partial charge in [0.1, 0.15) is 11.9 Å². The van der Waals surface area contributed by atoms with Crippen molar-refractivity contribution < 1.29 is 9.53 Å². The first-order chi connectivity index (χ1) is 13.7. The van der Waals surface area contributed by atoms with Crippen molar-refractivity contribution >= 4 is 17.7 Å². The van der Waals surface area contributed by atoms with Crippen molar-refractivity contribution in [1.29, 1.82) is 0 Å². The van der Waals surface area contributed by atoms with Gasteiger partial charge in [0.15, 0.2) is 0 Å². The minimum absolute atomic E-state index is 0.0298. The van der Waals surface area contributed by atoms with Gasteiger partial charge < -0.3 is 10.1 Å². The van der Waals surface area contributed by atoms with Gasteiger partial charge in [0.2, 0.25) is 5.91 Å². The number of thioether (sulfide) groups is 1. The third kappa shape index (κ3) is 3.35. The first-order valence-electron chi connectivity index (χ1n) is 10.1. The molecule has 4 heteroatoms. The summed E-state index contributed by atoms with van der Waals surface area (Å²) in [7, 11) is 0. The van der Waals surface area contributed by atoms with Crippen LogP contribution in [0.25, 0.3) is 11.1 Å². The summed E-state index contributed by atoms with van der Waals surface area (Å²) in [4.78, 5) is 13.8. The molecule has 0 radical (unpaired) electrons. The monoisotopic (exact) mass is 391 g/mol. The van der Waals surface area contributed by atoms with E-state index in [0.717, 1.165) is 25.0 Å². The summed E-state index contributed by atoms with van der Waals surface area (Å²) in [6.45, 7) is 0.586. The molecule has 1 fully saturated rings. The highest BCUT2D eigenvalue weighted by Gasteiger charge is 2.40. The molecule has 0 aromatic heterocycles. The Labute approximate surface area is 170 Å². The molecule has 144 valence electrons. The van der Waals surface area contributed by atoms with Crippen molar-refractivity contribution in [3.05, 3.63) is 60.2 Å². The Balaban J connectivity index is 1.21. The number of carbonyl (C=O) groups is 1. The standard InChI is InChI=1S/C24H25NO2S/c1-28-21-7-4-16(5-8-21)17-6-9-23-19(12-17)13-20(27-23)14-25-24(26)22-11-15-2-3-18(22)10-15/h2-9,12,15,18,20,22H,10-11,13-14H2,1H3,(H,25,26)/t15-,18+,20+,22+/m1/s1. The van der Waals surface area contributed by atoms with E-state index in [1.165, 1.54) is 21.6 Å². The second kappa shape index (κ2) is 7.32. The fourth-order valence-corrected chi connectivity index (χ4v) is 5.23. The van der Waals surface area contributed by atoms with Gasteiger partial charge in [-0.2, -0.15) is 0 Å². The third-order valence-corrected chi connectivity index (χ3v) is 7.09. The molecule has 0 unspecified atom stereocenters. The molecule has 2 aromatic carbocycles. The van der Waals surface area contributed by atoms with Gasteiger partial charge in [-0.25, -0.2) is 0 Å². The van der Waals surface area contributed by atoms with Gasteiger partial charge in [0.25, 0.3) is 0 Å². The van der Waals surface area contributed by atoms with Crippen molar-refractivity contribution in [3.8, 4) is 16.9 Å². The first kappa shape index (κ1) is 17.9. The van der Waals surface area contributed by atoms with Gasteiger partial charge in [-0.15, -0.1) is 11.8 Å². The summed E-state index contributed by atoms with van der Waals surface area (Å²) in [6.07, 6.45) is 9.65. The molecular formula is C24H25NO2S. The van der Waals surface area contributed by atoms with E-state index in [1.54, 1.807) is 11.8 Å². The molecule has 1 saturated carbocycles. The second-order valence-electron chi connectivity index (χ2n) is 8.13. The van der Waals surface area contributed by atoms with Crippen LogP contribution in [0.1, 0.15) is 18.4 Å². The van der Waals surface area contributed by atoms with E-state index >= 15 is 0 Å². The van der Waals surface area contributed by atoms with E-state index in [1.807, 2.05) is 0 Å². The van der Waals surface area contributed by atoms with Crippen LogP contribution in [0.15, 0.2) is 59.5 Å². The van der Waals surface area contributed by atoms with Crippen molar-refractivity contribution in [2.45, 2.75) is 30.3 Å². The Hall–Kier alpha value is -2.20. The topological polar surface area (TPSA) is 38.3 Å². The van der Waals surface area contributed by atoms with Gasteiger partial charge in [-0.3, -0.25) is 4.79 Å². The number of benzene rings is 2. The Morgan fingerprint density at radius 2 is 1.93 bits per heavy atom. The molecule has 28 heavy (non-hydrogen) atoms. The third-order valence-electron chi connectivity index (χ3n) is 6.34. The molecule has 3 nitrogen and oxygen atoms in total.